The molecule has 114 valence electrons. The fourth-order valence-electron chi connectivity index (χ4n) is 1.84. The molecule has 0 aliphatic heterocycles. The molecule has 0 aliphatic carbocycles. The Hall–Kier alpha value is -2.23. The normalized spacial score (nSPS) is 11.8. The second kappa shape index (κ2) is 6.69. The van der Waals surface area contributed by atoms with E-state index in [2.05, 4.69) is 5.32 Å². The smallest absolute Gasteiger partial charge is 0.150 e. The van der Waals surface area contributed by atoms with Gasteiger partial charge < -0.3 is 10.4 Å². The van der Waals surface area contributed by atoms with Crippen molar-refractivity contribution in [1.29, 1.82) is 5.26 Å². The van der Waals surface area contributed by atoms with Crippen LogP contribution in [0.2, 0.25) is 5.02 Å². The van der Waals surface area contributed by atoms with E-state index in [1.54, 1.807) is 6.07 Å². The van der Waals surface area contributed by atoms with Crippen LogP contribution in [-0.4, -0.2) is 11.7 Å². The average Bonchev–Trinajstić information content (AvgIpc) is 2.48. The molecule has 0 saturated carbocycles. The molecule has 2 N–H and O–H groups in total. The van der Waals surface area contributed by atoms with Gasteiger partial charge in [-0.1, -0.05) is 17.7 Å². The molecule has 22 heavy (non-hydrogen) atoms. The number of nitrogens with zero attached hydrogens (tertiary/aromatic N) is 1. The Balaban J connectivity index is 2.13. The third kappa shape index (κ3) is 3.50. The lowest BCUT2D eigenvalue weighted by Gasteiger charge is -2.14. The predicted molar refractivity (Wildman–Crippen MR) is 75.9 cm³/mol. The minimum absolute atomic E-state index is 0.0897. The molecule has 1 atom stereocenters. The van der Waals surface area contributed by atoms with Gasteiger partial charge in [-0.3, -0.25) is 0 Å². The van der Waals surface area contributed by atoms with E-state index in [-0.39, 0.29) is 22.7 Å². The number of anilines is 1. The Morgan fingerprint density at radius 3 is 2.32 bits per heavy atom. The number of halogens is 4. The molecular weight excluding hydrogens is 317 g/mol. The highest BCUT2D eigenvalue weighted by Gasteiger charge is 2.14. The van der Waals surface area contributed by atoms with Crippen molar-refractivity contribution in [3.63, 3.8) is 0 Å². The average molecular weight is 327 g/mol. The summed E-state index contributed by atoms with van der Waals surface area (Å²) >= 11 is 5.53. The molecule has 2 aromatic rings. The highest BCUT2D eigenvalue weighted by molar-refractivity contribution is 6.30. The molecule has 0 fully saturated rings. The molecule has 0 saturated heterocycles. The number of benzene rings is 2. The van der Waals surface area contributed by atoms with E-state index in [1.807, 2.05) is 0 Å². The second-order valence-corrected chi connectivity index (χ2v) is 4.90. The number of hydrogen-bond donors (Lipinski definition) is 2. The zero-order valence-corrected chi connectivity index (χ0v) is 11.8. The lowest BCUT2D eigenvalue weighted by atomic mass is 10.1. The maximum atomic E-state index is 13.7. The standard InChI is InChI=1S/C15H10ClF3N2O/c16-10-2-1-9(5-11(10)17)14(22)7-21-15-12(18)3-8(6-20)4-13(15)19/h1-5,14,21-22H,7H2. The fraction of sp³-hybridized carbons (Fsp3) is 0.133. The van der Waals surface area contributed by atoms with Crippen molar-refractivity contribution in [3.8, 4) is 6.07 Å². The van der Waals surface area contributed by atoms with Gasteiger partial charge in [0.1, 0.15) is 11.5 Å². The van der Waals surface area contributed by atoms with Gasteiger partial charge in [0.25, 0.3) is 0 Å². The Kier molecular flexibility index (Phi) is 4.91. The monoisotopic (exact) mass is 326 g/mol. The zero-order chi connectivity index (χ0) is 16.3. The van der Waals surface area contributed by atoms with E-state index in [9.17, 15) is 18.3 Å². The van der Waals surface area contributed by atoms with Crippen molar-refractivity contribution in [2.75, 3.05) is 11.9 Å². The zero-order valence-electron chi connectivity index (χ0n) is 11.1. The summed E-state index contributed by atoms with van der Waals surface area (Å²) in [6, 6.07) is 7.10. The van der Waals surface area contributed by atoms with Gasteiger partial charge in [0, 0.05) is 6.54 Å². The number of aliphatic hydroxyl groups is 1. The fourth-order valence-corrected chi connectivity index (χ4v) is 1.96. The molecule has 3 nitrogen and oxygen atoms in total. The van der Waals surface area contributed by atoms with Gasteiger partial charge in [-0.2, -0.15) is 5.26 Å². The van der Waals surface area contributed by atoms with E-state index >= 15 is 0 Å². The van der Waals surface area contributed by atoms with Crippen molar-refractivity contribution in [2.45, 2.75) is 6.10 Å². The van der Waals surface area contributed by atoms with E-state index in [4.69, 9.17) is 16.9 Å². The van der Waals surface area contributed by atoms with Crippen LogP contribution in [0.4, 0.5) is 18.9 Å². The number of nitrogens with one attached hydrogen (secondary N) is 1. The molecule has 0 spiro atoms. The molecular formula is C15H10ClF3N2O. The Morgan fingerprint density at radius 1 is 1.14 bits per heavy atom. The van der Waals surface area contributed by atoms with Crippen LogP contribution in [0.25, 0.3) is 0 Å². The Bertz CT molecular complexity index is 723. The summed E-state index contributed by atoms with van der Waals surface area (Å²) in [5, 5.41) is 20.8. The molecule has 2 aromatic carbocycles. The van der Waals surface area contributed by atoms with Crippen LogP contribution in [0.15, 0.2) is 30.3 Å². The summed E-state index contributed by atoms with van der Waals surface area (Å²) in [5.41, 5.74) is -0.405. The molecule has 7 heteroatoms. The number of rotatable bonds is 4. The van der Waals surface area contributed by atoms with Gasteiger partial charge in [0.2, 0.25) is 0 Å². The van der Waals surface area contributed by atoms with Crippen LogP contribution < -0.4 is 5.32 Å². The highest BCUT2D eigenvalue weighted by Crippen LogP contribution is 2.23. The second-order valence-electron chi connectivity index (χ2n) is 4.50. The minimum atomic E-state index is -1.19. The van der Waals surface area contributed by atoms with Gasteiger partial charge in [0.05, 0.1) is 22.8 Å². The van der Waals surface area contributed by atoms with Crippen molar-refractivity contribution in [1.82, 2.24) is 0 Å². The summed E-state index contributed by atoms with van der Waals surface area (Å²) in [6.07, 6.45) is -1.19. The van der Waals surface area contributed by atoms with E-state index in [0.717, 1.165) is 18.2 Å². The van der Waals surface area contributed by atoms with Crippen molar-refractivity contribution in [2.24, 2.45) is 0 Å². The van der Waals surface area contributed by atoms with Crippen LogP contribution in [0.3, 0.4) is 0 Å². The predicted octanol–water partition coefficient (Wildman–Crippen LogP) is 3.77. The molecule has 1 unspecified atom stereocenters. The van der Waals surface area contributed by atoms with Crippen LogP contribution in [0.1, 0.15) is 17.2 Å². The van der Waals surface area contributed by atoms with E-state index < -0.39 is 29.2 Å². The molecule has 0 aromatic heterocycles. The molecule has 2 rings (SSSR count). The minimum Gasteiger partial charge on any atom is -0.387 e. The first kappa shape index (κ1) is 16.1. The molecule has 0 heterocycles. The molecule has 0 radical (unpaired) electrons. The van der Waals surface area contributed by atoms with Crippen LogP contribution in [-0.2, 0) is 0 Å². The summed E-state index contributed by atoms with van der Waals surface area (Å²) in [7, 11) is 0. The SMILES string of the molecule is N#Cc1cc(F)c(NCC(O)c2ccc(Cl)c(F)c2)c(F)c1. The summed E-state index contributed by atoms with van der Waals surface area (Å²) in [5.74, 6) is -2.61. The number of hydrogen-bond acceptors (Lipinski definition) is 3. The summed E-state index contributed by atoms with van der Waals surface area (Å²) in [4.78, 5) is 0. The first-order valence-electron chi connectivity index (χ1n) is 6.18. The highest BCUT2D eigenvalue weighted by atomic mass is 35.5. The number of aliphatic hydroxyl groups excluding tert-OH is 1. The van der Waals surface area contributed by atoms with Gasteiger partial charge >= 0.3 is 0 Å². The van der Waals surface area contributed by atoms with E-state index in [0.29, 0.717) is 0 Å². The van der Waals surface area contributed by atoms with Crippen molar-refractivity contribution in [3.05, 3.63) is 63.9 Å². The van der Waals surface area contributed by atoms with Crippen molar-refractivity contribution >= 4 is 17.3 Å². The molecule has 0 aliphatic rings. The molecule has 0 amide bonds. The maximum Gasteiger partial charge on any atom is 0.150 e. The van der Waals surface area contributed by atoms with Gasteiger partial charge in [-0.05, 0) is 29.8 Å². The Labute approximate surface area is 129 Å². The third-order valence-electron chi connectivity index (χ3n) is 2.97. The first-order valence-corrected chi connectivity index (χ1v) is 6.56. The van der Waals surface area contributed by atoms with Gasteiger partial charge in [-0.25, -0.2) is 13.2 Å². The van der Waals surface area contributed by atoms with Crippen LogP contribution >= 0.6 is 11.6 Å². The largest absolute Gasteiger partial charge is 0.387 e. The van der Waals surface area contributed by atoms with Crippen molar-refractivity contribution < 1.29 is 18.3 Å². The first-order chi connectivity index (χ1) is 10.4. The maximum absolute atomic E-state index is 13.7. The summed E-state index contributed by atoms with van der Waals surface area (Å²) < 4.78 is 40.6. The summed E-state index contributed by atoms with van der Waals surface area (Å²) in [6.45, 7) is -0.249. The van der Waals surface area contributed by atoms with Gasteiger partial charge in [-0.15, -0.1) is 0 Å². The number of nitriles is 1. The lowest BCUT2D eigenvalue weighted by Crippen LogP contribution is -2.14. The lowest BCUT2D eigenvalue weighted by molar-refractivity contribution is 0.191. The Morgan fingerprint density at radius 2 is 1.77 bits per heavy atom. The topological polar surface area (TPSA) is 56.0 Å². The molecule has 0 bridgehead atoms. The van der Waals surface area contributed by atoms with Crippen LogP contribution in [0, 0.1) is 28.8 Å². The van der Waals surface area contributed by atoms with E-state index in [1.165, 1.54) is 12.1 Å². The van der Waals surface area contributed by atoms with Crippen LogP contribution in [0.5, 0.6) is 0 Å². The van der Waals surface area contributed by atoms with Gasteiger partial charge in [0.15, 0.2) is 11.6 Å². The third-order valence-corrected chi connectivity index (χ3v) is 3.28. The quantitative estimate of drug-likeness (QED) is 0.899.